The number of aliphatic imine (C=N–C) groups is 1. The molecule has 2 aromatic carbocycles. The molecule has 2 unspecified atom stereocenters. The monoisotopic (exact) mass is 397 g/mol. The van der Waals surface area contributed by atoms with E-state index in [1.54, 1.807) is 12.7 Å². The van der Waals surface area contributed by atoms with Crippen molar-refractivity contribution in [1.29, 1.82) is 0 Å². The average molecular weight is 397 g/mol. The van der Waals surface area contributed by atoms with Gasteiger partial charge in [-0.25, -0.2) is 0 Å². The fraction of sp³-hybridized carbons (Fsp3) is 0.208. The minimum Gasteiger partial charge on any atom is -0.464 e. The molecule has 0 amide bonds. The normalized spacial score (nSPS) is 17.4. The van der Waals surface area contributed by atoms with Crippen LogP contribution in [0.3, 0.4) is 0 Å². The maximum absolute atomic E-state index is 5.63. The number of fused-ring (bicyclic) bond motifs is 1. The van der Waals surface area contributed by atoms with Crippen molar-refractivity contribution in [2.45, 2.75) is 33.0 Å². The number of hydrogen-bond acceptors (Lipinski definition) is 5. The van der Waals surface area contributed by atoms with E-state index in [2.05, 4.69) is 83.3 Å². The average Bonchev–Trinajstić information content (AvgIpc) is 3.43. The highest BCUT2D eigenvalue weighted by Gasteiger charge is 2.26. The molecule has 1 aliphatic heterocycles. The third-order valence-corrected chi connectivity index (χ3v) is 5.76. The standard InChI is InChI=1S/C24H23N5O/c1-16-13-30-24-8-7-20(12-22(16)24)23-9-10-25-18(3)29(23)17(2)19-5-4-6-21(11-19)28-14-26-27-15-28/h4-15,17-18H,1-3H3. The SMILES string of the molecule is Cc1coc2ccc(C3=CC=NC(C)N3C(C)c3cccc(-n4cnnc4)c3)cc12. The third kappa shape index (κ3) is 3.10. The summed E-state index contributed by atoms with van der Waals surface area (Å²) in [6.45, 7) is 6.43. The molecule has 30 heavy (non-hydrogen) atoms. The quantitative estimate of drug-likeness (QED) is 0.477. The van der Waals surface area contributed by atoms with Crippen molar-refractivity contribution in [3.05, 3.63) is 84.1 Å². The first-order valence-corrected chi connectivity index (χ1v) is 10.1. The summed E-state index contributed by atoms with van der Waals surface area (Å²) >= 11 is 0. The smallest absolute Gasteiger partial charge is 0.134 e. The first-order valence-electron chi connectivity index (χ1n) is 10.1. The van der Waals surface area contributed by atoms with Crippen LogP contribution in [0.5, 0.6) is 0 Å². The van der Waals surface area contributed by atoms with E-state index in [4.69, 9.17) is 4.42 Å². The molecule has 3 heterocycles. The Hall–Kier alpha value is -3.67. The fourth-order valence-electron chi connectivity index (χ4n) is 4.13. The minimum atomic E-state index is 0.0275. The highest BCUT2D eigenvalue weighted by molar-refractivity contribution is 5.90. The third-order valence-electron chi connectivity index (χ3n) is 5.76. The summed E-state index contributed by atoms with van der Waals surface area (Å²) in [5.74, 6) is 0. The second kappa shape index (κ2) is 7.30. The van der Waals surface area contributed by atoms with Gasteiger partial charge in [0.05, 0.1) is 12.3 Å². The van der Waals surface area contributed by atoms with Crippen LogP contribution in [-0.4, -0.2) is 32.0 Å². The molecule has 0 aliphatic carbocycles. The zero-order valence-corrected chi connectivity index (χ0v) is 17.2. The summed E-state index contributed by atoms with van der Waals surface area (Å²) in [5.41, 5.74) is 6.62. The molecule has 0 N–H and O–H groups in total. The van der Waals surface area contributed by atoms with Gasteiger partial charge in [0.1, 0.15) is 24.4 Å². The molecule has 0 spiro atoms. The van der Waals surface area contributed by atoms with Crippen LogP contribution < -0.4 is 0 Å². The van der Waals surface area contributed by atoms with Crippen molar-refractivity contribution in [1.82, 2.24) is 19.7 Å². The maximum Gasteiger partial charge on any atom is 0.134 e. The highest BCUT2D eigenvalue weighted by atomic mass is 16.3. The van der Waals surface area contributed by atoms with Crippen LogP contribution in [-0.2, 0) is 0 Å². The van der Waals surface area contributed by atoms with Crippen LogP contribution in [0.15, 0.2) is 76.9 Å². The Labute approximate surface area is 175 Å². The molecule has 2 aromatic heterocycles. The summed E-state index contributed by atoms with van der Waals surface area (Å²) in [6.07, 6.45) is 9.26. The molecule has 0 saturated carbocycles. The molecule has 0 saturated heterocycles. The Morgan fingerprint density at radius 3 is 2.73 bits per heavy atom. The van der Waals surface area contributed by atoms with Crippen LogP contribution in [0, 0.1) is 6.92 Å². The van der Waals surface area contributed by atoms with Crippen LogP contribution in [0.4, 0.5) is 0 Å². The van der Waals surface area contributed by atoms with Crippen molar-refractivity contribution in [3.63, 3.8) is 0 Å². The van der Waals surface area contributed by atoms with Gasteiger partial charge < -0.3 is 9.32 Å². The number of furan rings is 1. The summed E-state index contributed by atoms with van der Waals surface area (Å²) in [4.78, 5) is 7.02. The number of aromatic nitrogens is 3. The first kappa shape index (κ1) is 18.4. The fourth-order valence-corrected chi connectivity index (χ4v) is 4.13. The Bertz CT molecular complexity index is 1250. The molecular formula is C24H23N5O. The van der Waals surface area contributed by atoms with Gasteiger partial charge in [-0.1, -0.05) is 12.1 Å². The molecule has 0 bridgehead atoms. The highest BCUT2D eigenvalue weighted by Crippen LogP contribution is 2.36. The zero-order chi connectivity index (χ0) is 20.7. The van der Waals surface area contributed by atoms with Crippen LogP contribution in [0.2, 0.25) is 0 Å². The van der Waals surface area contributed by atoms with Crippen molar-refractivity contribution in [2.75, 3.05) is 0 Å². The lowest BCUT2D eigenvalue weighted by Gasteiger charge is -2.38. The second-order valence-corrected chi connectivity index (χ2v) is 7.66. The van der Waals surface area contributed by atoms with Gasteiger partial charge in [0.2, 0.25) is 0 Å². The van der Waals surface area contributed by atoms with E-state index in [0.29, 0.717) is 0 Å². The van der Waals surface area contributed by atoms with E-state index in [9.17, 15) is 0 Å². The molecule has 0 fully saturated rings. The second-order valence-electron chi connectivity index (χ2n) is 7.66. The number of hydrogen-bond donors (Lipinski definition) is 0. The number of nitrogens with zero attached hydrogens (tertiary/aromatic N) is 5. The van der Waals surface area contributed by atoms with Gasteiger partial charge in [0.15, 0.2) is 0 Å². The van der Waals surface area contributed by atoms with Gasteiger partial charge in [0, 0.05) is 23.0 Å². The minimum absolute atomic E-state index is 0.0275. The summed E-state index contributed by atoms with van der Waals surface area (Å²) in [5, 5.41) is 8.99. The Morgan fingerprint density at radius 2 is 1.90 bits per heavy atom. The molecule has 1 aliphatic rings. The van der Waals surface area contributed by atoms with E-state index in [0.717, 1.165) is 33.5 Å². The predicted octanol–water partition coefficient (Wildman–Crippen LogP) is 5.16. The number of aryl methyl sites for hydroxylation is 1. The first-order chi connectivity index (χ1) is 14.6. The number of allylic oxidation sites excluding steroid dienone is 1. The van der Waals surface area contributed by atoms with Crippen molar-refractivity contribution in [2.24, 2.45) is 4.99 Å². The van der Waals surface area contributed by atoms with Crippen molar-refractivity contribution < 1.29 is 4.42 Å². The van der Waals surface area contributed by atoms with E-state index in [1.807, 2.05) is 23.1 Å². The van der Waals surface area contributed by atoms with Crippen molar-refractivity contribution >= 4 is 22.9 Å². The van der Waals surface area contributed by atoms with E-state index in [-0.39, 0.29) is 12.2 Å². The van der Waals surface area contributed by atoms with Crippen LogP contribution in [0.1, 0.15) is 36.6 Å². The van der Waals surface area contributed by atoms with Gasteiger partial charge in [-0.05, 0) is 73.9 Å². The van der Waals surface area contributed by atoms with Crippen LogP contribution >= 0.6 is 0 Å². The number of benzene rings is 2. The Morgan fingerprint density at radius 1 is 1.07 bits per heavy atom. The van der Waals surface area contributed by atoms with E-state index >= 15 is 0 Å². The Kier molecular flexibility index (Phi) is 4.47. The zero-order valence-electron chi connectivity index (χ0n) is 17.2. The largest absolute Gasteiger partial charge is 0.464 e. The van der Waals surface area contributed by atoms with Gasteiger partial charge in [-0.3, -0.25) is 9.56 Å². The molecule has 5 rings (SSSR count). The lowest BCUT2D eigenvalue weighted by atomic mass is 10.00. The molecule has 150 valence electrons. The topological polar surface area (TPSA) is 59.5 Å². The van der Waals surface area contributed by atoms with Crippen LogP contribution in [0.25, 0.3) is 22.4 Å². The van der Waals surface area contributed by atoms with Gasteiger partial charge in [0.25, 0.3) is 0 Å². The lowest BCUT2D eigenvalue weighted by molar-refractivity contribution is 0.252. The maximum atomic E-state index is 5.63. The molecular weight excluding hydrogens is 374 g/mol. The molecule has 2 atom stereocenters. The molecule has 0 radical (unpaired) electrons. The number of rotatable bonds is 4. The van der Waals surface area contributed by atoms with Crippen molar-refractivity contribution in [3.8, 4) is 5.69 Å². The van der Waals surface area contributed by atoms with Gasteiger partial charge in [-0.2, -0.15) is 0 Å². The van der Waals surface area contributed by atoms with Gasteiger partial charge in [-0.15, -0.1) is 10.2 Å². The summed E-state index contributed by atoms with van der Waals surface area (Å²) < 4.78 is 7.55. The molecule has 6 heteroatoms. The molecule has 4 aromatic rings. The Balaban J connectivity index is 1.54. The predicted molar refractivity (Wildman–Crippen MR) is 118 cm³/mol. The van der Waals surface area contributed by atoms with E-state index in [1.165, 1.54) is 5.56 Å². The summed E-state index contributed by atoms with van der Waals surface area (Å²) in [6, 6.07) is 15.0. The van der Waals surface area contributed by atoms with Gasteiger partial charge >= 0.3 is 0 Å². The lowest BCUT2D eigenvalue weighted by Crippen LogP contribution is -2.35. The summed E-state index contributed by atoms with van der Waals surface area (Å²) in [7, 11) is 0. The molecule has 6 nitrogen and oxygen atoms in total. The van der Waals surface area contributed by atoms with E-state index < -0.39 is 0 Å².